The smallest absolute Gasteiger partial charge is 0.175 e. The topological polar surface area (TPSA) is 83.6 Å². The number of hydrogen-bond donors (Lipinski definition) is 4. The van der Waals surface area contributed by atoms with E-state index in [1.807, 2.05) is 26.0 Å². The molecule has 0 unspecified atom stereocenters. The Hall–Kier alpha value is -1.57. The van der Waals surface area contributed by atoms with Crippen molar-refractivity contribution >= 4 is 35.9 Å². The highest BCUT2D eigenvalue weighted by Crippen LogP contribution is 2.32. The zero-order valence-corrected chi connectivity index (χ0v) is 15.6. The Kier molecular flexibility index (Phi) is 5.12. The van der Waals surface area contributed by atoms with Gasteiger partial charge in [-0.3, -0.25) is 0 Å². The van der Waals surface area contributed by atoms with Gasteiger partial charge in [0.05, 0.1) is 16.7 Å². The molecule has 0 atom stereocenters. The standard InChI is InChI=1S/C12H11N3OS2.C5H11N/c1-5-10(6(2)16-15-5)7-3-8-11(9(17)4-7)14-12(18)13-8;6-5-3-1-2-4-5/h3-4,17H,1-2H3,(H2,13,14,18);5H,1-4,6H2. The second-order valence-electron chi connectivity index (χ2n) is 6.24. The number of thiol groups is 1. The molecule has 0 spiro atoms. The van der Waals surface area contributed by atoms with Crippen molar-refractivity contribution in [2.45, 2.75) is 50.5 Å². The van der Waals surface area contributed by atoms with Crippen LogP contribution in [0.4, 0.5) is 0 Å². The van der Waals surface area contributed by atoms with Gasteiger partial charge in [0.15, 0.2) is 4.77 Å². The highest BCUT2D eigenvalue weighted by molar-refractivity contribution is 7.80. The third kappa shape index (κ3) is 3.58. The molecular formula is C17H22N4OS2. The molecule has 128 valence electrons. The van der Waals surface area contributed by atoms with Gasteiger partial charge < -0.3 is 20.2 Å². The molecule has 0 amide bonds. The van der Waals surface area contributed by atoms with E-state index in [0.29, 0.717) is 10.8 Å². The zero-order valence-electron chi connectivity index (χ0n) is 13.8. The van der Waals surface area contributed by atoms with Gasteiger partial charge in [0.1, 0.15) is 5.76 Å². The summed E-state index contributed by atoms with van der Waals surface area (Å²) >= 11 is 9.58. The fraction of sp³-hybridized carbons (Fsp3) is 0.412. The van der Waals surface area contributed by atoms with E-state index in [-0.39, 0.29) is 0 Å². The van der Waals surface area contributed by atoms with Crippen LogP contribution in [-0.4, -0.2) is 21.2 Å². The second-order valence-corrected chi connectivity index (χ2v) is 7.13. The first-order valence-corrected chi connectivity index (χ1v) is 8.95. The number of nitrogens with zero attached hydrogens (tertiary/aromatic N) is 1. The fourth-order valence-electron chi connectivity index (χ4n) is 3.12. The van der Waals surface area contributed by atoms with Crippen LogP contribution in [0.1, 0.15) is 37.1 Å². The van der Waals surface area contributed by atoms with Gasteiger partial charge in [-0.2, -0.15) is 0 Å². The number of imidazole rings is 1. The summed E-state index contributed by atoms with van der Waals surface area (Å²) in [6.07, 6.45) is 5.25. The maximum absolute atomic E-state index is 5.53. The van der Waals surface area contributed by atoms with Crippen LogP contribution in [0.25, 0.3) is 22.2 Å². The Labute approximate surface area is 151 Å². The quantitative estimate of drug-likeness (QED) is 0.374. The number of H-pyrrole nitrogens is 2. The Morgan fingerprint density at radius 3 is 2.50 bits per heavy atom. The van der Waals surface area contributed by atoms with Gasteiger partial charge >= 0.3 is 0 Å². The molecule has 0 bridgehead atoms. The number of aromatic nitrogens is 3. The van der Waals surface area contributed by atoms with Crippen molar-refractivity contribution in [2.24, 2.45) is 5.73 Å². The minimum atomic E-state index is 0.546. The minimum Gasteiger partial charge on any atom is -0.361 e. The van der Waals surface area contributed by atoms with Crippen molar-refractivity contribution in [3.05, 3.63) is 28.4 Å². The average molecular weight is 363 g/mol. The van der Waals surface area contributed by atoms with E-state index in [1.54, 1.807) is 0 Å². The van der Waals surface area contributed by atoms with Gasteiger partial charge in [0.25, 0.3) is 0 Å². The highest BCUT2D eigenvalue weighted by Gasteiger charge is 2.13. The van der Waals surface area contributed by atoms with Crippen LogP contribution < -0.4 is 5.73 Å². The number of nitrogens with two attached hydrogens (primary N) is 1. The summed E-state index contributed by atoms with van der Waals surface area (Å²) in [4.78, 5) is 7.01. The van der Waals surface area contributed by atoms with E-state index in [4.69, 9.17) is 22.5 Å². The fourth-order valence-corrected chi connectivity index (χ4v) is 3.65. The number of aromatic amines is 2. The SMILES string of the molecule is Cc1noc(C)c1-c1cc(S)c2[nH]c(=S)[nH]c2c1.NC1CCCC1. The lowest BCUT2D eigenvalue weighted by Crippen LogP contribution is -2.13. The summed E-state index contributed by atoms with van der Waals surface area (Å²) in [7, 11) is 0. The molecule has 4 rings (SSSR count). The summed E-state index contributed by atoms with van der Waals surface area (Å²) in [5.41, 5.74) is 10.3. The van der Waals surface area contributed by atoms with Crippen LogP contribution in [0.2, 0.25) is 0 Å². The number of aryl methyl sites for hydroxylation is 2. The van der Waals surface area contributed by atoms with Gasteiger partial charge in [-0.1, -0.05) is 18.0 Å². The molecule has 1 saturated carbocycles. The molecule has 0 aliphatic heterocycles. The summed E-state index contributed by atoms with van der Waals surface area (Å²) in [5.74, 6) is 0.800. The van der Waals surface area contributed by atoms with Gasteiger partial charge in [0.2, 0.25) is 0 Å². The van der Waals surface area contributed by atoms with E-state index in [2.05, 4.69) is 27.8 Å². The van der Waals surface area contributed by atoms with Crippen molar-refractivity contribution in [1.82, 2.24) is 15.1 Å². The van der Waals surface area contributed by atoms with Crippen LogP contribution in [0.15, 0.2) is 21.6 Å². The van der Waals surface area contributed by atoms with Crippen LogP contribution in [-0.2, 0) is 0 Å². The number of fused-ring (bicyclic) bond motifs is 1. The van der Waals surface area contributed by atoms with E-state index in [9.17, 15) is 0 Å². The Bertz CT molecular complexity index is 884. The van der Waals surface area contributed by atoms with E-state index >= 15 is 0 Å². The molecule has 0 radical (unpaired) electrons. The van der Waals surface area contributed by atoms with Crippen molar-refractivity contribution < 1.29 is 4.52 Å². The van der Waals surface area contributed by atoms with Crippen molar-refractivity contribution in [3.8, 4) is 11.1 Å². The summed E-state index contributed by atoms with van der Waals surface area (Å²) in [6.45, 7) is 3.82. The lowest BCUT2D eigenvalue weighted by molar-refractivity contribution is 0.393. The monoisotopic (exact) mass is 362 g/mol. The lowest BCUT2D eigenvalue weighted by atomic mass is 10.0. The third-order valence-electron chi connectivity index (χ3n) is 4.33. The normalized spacial score (nSPS) is 14.8. The van der Waals surface area contributed by atoms with Gasteiger partial charge in [0, 0.05) is 16.5 Å². The molecule has 1 aliphatic carbocycles. The Morgan fingerprint density at radius 1 is 1.25 bits per heavy atom. The highest BCUT2D eigenvalue weighted by atomic mass is 32.1. The molecule has 1 aliphatic rings. The van der Waals surface area contributed by atoms with Gasteiger partial charge in [-0.15, -0.1) is 12.6 Å². The largest absolute Gasteiger partial charge is 0.361 e. The average Bonchev–Trinajstić information content (AvgIpc) is 3.21. The third-order valence-corrected chi connectivity index (χ3v) is 4.88. The Balaban J connectivity index is 0.000000238. The first kappa shape index (κ1) is 17.3. The van der Waals surface area contributed by atoms with Crippen LogP contribution >= 0.6 is 24.8 Å². The molecule has 2 aromatic heterocycles. The van der Waals surface area contributed by atoms with E-state index in [1.165, 1.54) is 25.7 Å². The maximum atomic E-state index is 5.53. The number of rotatable bonds is 1. The first-order chi connectivity index (χ1) is 11.5. The van der Waals surface area contributed by atoms with Gasteiger partial charge in [-0.25, -0.2) is 0 Å². The molecule has 24 heavy (non-hydrogen) atoms. The predicted molar refractivity (Wildman–Crippen MR) is 102 cm³/mol. The van der Waals surface area contributed by atoms with Crippen LogP contribution in [0.3, 0.4) is 0 Å². The van der Waals surface area contributed by atoms with Crippen LogP contribution in [0.5, 0.6) is 0 Å². The Morgan fingerprint density at radius 2 is 1.96 bits per heavy atom. The molecule has 2 heterocycles. The van der Waals surface area contributed by atoms with Crippen molar-refractivity contribution in [3.63, 3.8) is 0 Å². The molecule has 5 nitrogen and oxygen atoms in total. The molecule has 1 aromatic carbocycles. The second kappa shape index (κ2) is 7.13. The number of nitrogens with one attached hydrogen (secondary N) is 2. The first-order valence-electron chi connectivity index (χ1n) is 8.09. The van der Waals surface area contributed by atoms with Crippen molar-refractivity contribution in [1.29, 1.82) is 0 Å². The molecular weight excluding hydrogens is 340 g/mol. The molecule has 1 fully saturated rings. The van der Waals surface area contributed by atoms with E-state index < -0.39 is 0 Å². The molecule has 4 N–H and O–H groups in total. The summed E-state index contributed by atoms with van der Waals surface area (Å²) < 4.78 is 5.79. The molecule has 7 heteroatoms. The number of benzene rings is 1. The summed E-state index contributed by atoms with van der Waals surface area (Å²) in [6, 6.07) is 4.55. The lowest BCUT2D eigenvalue weighted by Gasteiger charge is -2.03. The van der Waals surface area contributed by atoms with E-state index in [0.717, 1.165) is 38.5 Å². The summed E-state index contributed by atoms with van der Waals surface area (Å²) in [5, 5.41) is 3.97. The molecule has 0 saturated heterocycles. The minimum absolute atomic E-state index is 0.546. The van der Waals surface area contributed by atoms with Crippen molar-refractivity contribution in [2.75, 3.05) is 0 Å². The van der Waals surface area contributed by atoms with Gasteiger partial charge in [-0.05, 0) is 56.6 Å². The molecule has 3 aromatic rings. The zero-order chi connectivity index (χ0) is 17.3. The van der Waals surface area contributed by atoms with Crippen LogP contribution in [0, 0.1) is 18.6 Å². The maximum Gasteiger partial charge on any atom is 0.175 e. The predicted octanol–water partition coefficient (Wildman–Crippen LogP) is 4.67. The number of hydrogen-bond acceptors (Lipinski definition) is 5.